The smallest absolute Gasteiger partial charge is 0.147 e. The van der Waals surface area contributed by atoms with Gasteiger partial charge in [-0.05, 0) is 50.5 Å². The van der Waals surface area contributed by atoms with Crippen LogP contribution in [-0.4, -0.2) is 20.9 Å². The van der Waals surface area contributed by atoms with E-state index in [1.807, 2.05) is 30.3 Å². The molecule has 0 bridgehead atoms. The van der Waals surface area contributed by atoms with E-state index in [0.29, 0.717) is 42.4 Å². The number of alkyl halides is 1. The second kappa shape index (κ2) is 10.1. The largest absolute Gasteiger partial charge is 0.591 e. The molecule has 0 aliphatic rings. The van der Waals surface area contributed by atoms with E-state index in [-0.39, 0.29) is 0 Å². The van der Waals surface area contributed by atoms with Gasteiger partial charge in [0.2, 0.25) is 0 Å². The van der Waals surface area contributed by atoms with Crippen molar-refractivity contribution in [1.29, 1.82) is 0 Å². The van der Waals surface area contributed by atoms with Crippen LogP contribution in [0.15, 0.2) is 52.9 Å². The van der Waals surface area contributed by atoms with Crippen LogP contribution in [0.5, 0.6) is 5.75 Å². The number of halogens is 2. The minimum Gasteiger partial charge on any atom is -0.591 e. The first kappa shape index (κ1) is 21.7. The standard InChI is InChI=1S/C21H24ClFNO2S/c1-21(2,3)27(25)24-19(10-7-13-22)18-14-17(23)11-12-20(18)26-15-16-8-5-4-6-9-16/h4-6,8-9,11-12,14H,1,7,10,13,15H2,2-3H3/t27-/m0/s1. The third-order valence-corrected chi connectivity index (χ3v) is 5.30. The van der Waals surface area contributed by atoms with Gasteiger partial charge in [0.05, 0.1) is 0 Å². The number of nitrogens with zero attached hydrogens (tertiary/aromatic N) is 1. The highest BCUT2D eigenvalue weighted by atomic mass is 35.5. The van der Waals surface area contributed by atoms with Gasteiger partial charge in [-0.15, -0.1) is 11.6 Å². The summed E-state index contributed by atoms with van der Waals surface area (Å²) < 4.78 is 35.9. The summed E-state index contributed by atoms with van der Waals surface area (Å²) in [6.07, 6.45) is 1.10. The van der Waals surface area contributed by atoms with Crippen molar-refractivity contribution in [2.45, 2.75) is 38.0 Å². The van der Waals surface area contributed by atoms with Gasteiger partial charge in [0.1, 0.15) is 40.0 Å². The highest BCUT2D eigenvalue weighted by Gasteiger charge is 2.28. The number of rotatable bonds is 9. The fourth-order valence-corrected chi connectivity index (χ4v) is 3.05. The minimum absolute atomic E-state index is 0.339. The van der Waals surface area contributed by atoms with Gasteiger partial charge >= 0.3 is 0 Å². The summed E-state index contributed by atoms with van der Waals surface area (Å²) in [4.78, 5) is 0. The molecule has 2 rings (SSSR count). The lowest BCUT2D eigenvalue weighted by Gasteiger charge is -2.20. The van der Waals surface area contributed by atoms with E-state index in [1.54, 1.807) is 19.9 Å². The number of benzene rings is 2. The fourth-order valence-electron chi connectivity index (χ4n) is 2.28. The van der Waals surface area contributed by atoms with E-state index in [0.717, 1.165) is 5.56 Å². The molecule has 2 aromatic carbocycles. The summed E-state index contributed by atoms with van der Waals surface area (Å²) in [6.45, 7) is 7.69. The summed E-state index contributed by atoms with van der Waals surface area (Å²) in [5, 5.41) is 0. The van der Waals surface area contributed by atoms with Crippen molar-refractivity contribution in [2.24, 2.45) is 4.40 Å². The Morgan fingerprint density at radius 3 is 2.59 bits per heavy atom. The SMILES string of the molecule is [CH2]C(C)(C)[S@+]([O-])N=C(CCCCl)c1cc(F)ccc1OCc1ccccc1. The molecule has 3 nitrogen and oxygen atoms in total. The van der Waals surface area contributed by atoms with E-state index in [4.69, 9.17) is 16.3 Å². The Morgan fingerprint density at radius 1 is 1.26 bits per heavy atom. The van der Waals surface area contributed by atoms with E-state index < -0.39 is 21.9 Å². The number of hydrogen-bond acceptors (Lipinski definition) is 3. The molecule has 6 heteroatoms. The lowest BCUT2D eigenvalue weighted by molar-refractivity contribution is 0.305. The van der Waals surface area contributed by atoms with Gasteiger partial charge in [-0.25, -0.2) is 4.39 Å². The molecule has 0 saturated carbocycles. The third kappa shape index (κ3) is 6.83. The molecule has 2 aromatic rings. The van der Waals surface area contributed by atoms with E-state index in [9.17, 15) is 8.94 Å². The topological polar surface area (TPSA) is 44.7 Å². The predicted octanol–water partition coefficient (Wildman–Crippen LogP) is 5.49. The average Bonchev–Trinajstić information content (AvgIpc) is 2.64. The maximum Gasteiger partial charge on any atom is 0.147 e. The van der Waals surface area contributed by atoms with E-state index in [2.05, 4.69) is 11.3 Å². The normalized spacial score (nSPS) is 13.5. The Balaban J connectivity index is 2.35. The molecule has 0 saturated heterocycles. The third-order valence-electron chi connectivity index (χ3n) is 3.70. The molecular formula is C21H24ClFNO2S. The van der Waals surface area contributed by atoms with Gasteiger partial charge in [-0.3, -0.25) is 0 Å². The first-order valence-electron chi connectivity index (χ1n) is 8.69. The first-order valence-corrected chi connectivity index (χ1v) is 10.3. The molecule has 1 radical (unpaired) electrons. The molecule has 0 aliphatic heterocycles. The van der Waals surface area contributed by atoms with Crippen LogP contribution in [0.3, 0.4) is 0 Å². The lowest BCUT2D eigenvalue weighted by Crippen LogP contribution is -2.27. The fraction of sp³-hybridized carbons (Fsp3) is 0.333. The van der Waals surface area contributed by atoms with Crippen molar-refractivity contribution in [3.05, 3.63) is 72.4 Å². The maximum atomic E-state index is 13.9. The maximum absolute atomic E-state index is 13.9. The van der Waals surface area contributed by atoms with Crippen LogP contribution in [0.25, 0.3) is 0 Å². The molecule has 0 fully saturated rings. The molecule has 27 heavy (non-hydrogen) atoms. The summed E-state index contributed by atoms with van der Waals surface area (Å²) in [5.41, 5.74) is 2.00. The molecule has 0 heterocycles. The highest BCUT2D eigenvalue weighted by molar-refractivity contribution is 7.91. The zero-order valence-electron chi connectivity index (χ0n) is 15.6. The van der Waals surface area contributed by atoms with Crippen LogP contribution in [0.2, 0.25) is 0 Å². The Labute approximate surface area is 168 Å². The van der Waals surface area contributed by atoms with Crippen molar-refractivity contribution < 1.29 is 13.7 Å². The van der Waals surface area contributed by atoms with Crippen LogP contribution >= 0.6 is 11.6 Å². The molecule has 1 atom stereocenters. The molecule has 145 valence electrons. The zero-order valence-corrected chi connectivity index (χ0v) is 17.2. The van der Waals surface area contributed by atoms with Crippen LogP contribution in [0.1, 0.15) is 37.8 Å². The number of ether oxygens (including phenoxy) is 1. The minimum atomic E-state index is -1.57. The lowest BCUT2D eigenvalue weighted by atomic mass is 10.0. The summed E-state index contributed by atoms with van der Waals surface area (Å²) in [6, 6.07) is 14.0. The molecule has 0 aromatic heterocycles. The van der Waals surface area contributed by atoms with Crippen molar-refractivity contribution in [2.75, 3.05) is 5.88 Å². The van der Waals surface area contributed by atoms with Gasteiger partial charge < -0.3 is 9.29 Å². The Bertz CT molecular complexity index is 763. The van der Waals surface area contributed by atoms with E-state index in [1.165, 1.54) is 12.1 Å². The number of hydrogen-bond donors (Lipinski definition) is 0. The van der Waals surface area contributed by atoms with Gasteiger partial charge in [0.15, 0.2) is 0 Å². The Hall–Kier alpha value is -1.56. The van der Waals surface area contributed by atoms with Crippen LogP contribution in [0.4, 0.5) is 4.39 Å². The molecule has 0 unspecified atom stereocenters. The van der Waals surface area contributed by atoms with Crippen molar-refractivity contribution >= 4 is 28.7 Å². The summed E-state index contributed by atoms with van der Waals surface area (Å²) in [5.74, 6) is 0.511. The van der Waals surface area contributed by atoms with Crippen molar-refractivity contribution in [3.8, 4) is 5.75 Å². The molecule has 0 amide bonds. The second-order valence-electron chi connectivity index (χ2n) is 6.75. The monoisotopic (exact) mass is 408 g/mol. The van der Waals surface area contributed by atoms with Gasteiger partial charge in [-0.1, -0.05) is 34.7 Å². The summed E-state index contributed by atoms with van der Waals surface area (Å²) >= 11 is 4.25. The molecule has 0 N–H and O–H groups in total. The predicted molar refractivity (Wildman–Crippen MR) is 111 cm³/mol. The summed E-state index contributed by atoms with van der Waals surface area (Å²) in [7, 11) is 0. The molecule has 0 aliphatic carbocycles. The van der Waals surface area contributed by atoms with Crippen molar-refractivity contribution in [3.63, 3.8) is 0 Å². The molecule has 0 spiro atoms. The van der Waals surface area contributed by atoms with Crippen molar-refractivity contribution in [1.82, 2.24) is 0 Å². The second-order valence-corrected chi connectivity index (χ2v) is 8.92. The molecular weight excluding hydrogens is 385 g/mol. The average molecular weight is 409 g/mol. The quantitative estimate of drug-likeness (QED) is 0.313. The van der Waals surface area contributed by atoms with Crippen LogP contribution in [0, 0.1) is 12.7 Å². The zero-order chi connectivity index (χ0) is 19.9. The van der Waals surface area contributed by atoms with Gasteiger partial charge in [0.25, 0.3) is 0 Å². The Kier molecular flexibility index (Phi) is 8.14. The highest BCUT2D eigenvalue weighted by Crippen LogP contribution is 2.26. The first-order chi connectivity index (χ1) is 12.8. The Morgan fingerprint density at radius 2 is 1.96 bits per heavy atom. The van der Waals surface area contributed by atoms with Gasteiger partial charge in [0, 0.05) is 18.4 Å². The van der Waals surface area contributed by atoms with Crippen LogP contribution < -0.4 is 4.74 Å². The van der Waals surface area contributed by atoms with Crippen LogP contribution in [-0.2, 0) is 18.0 Å². The van der Waals surface area contributed by atoms with E-state index >= 15 is 0 Å². The van der Waals surface area contributed by atoms with Gasteiger partial charge in [-0.2, -0.15) is 0 Å².